The summed E-state index contributed by atoms with van der Waals surface area (Å²) in [5.41, 5.74) is 0. The van der Waals surface area contributed by atoms with Crippen LogP contribution in [0.15, 0.2) is 28.7 Å². The Kier molecular flexibility index (Phi) is 6.53. The quantitative estimate of drug-likeness (QED) is 0.861. The molecule has 2 saturated heterocycles. The Morgan fingerprint density at radius 2 is 2.14 bits per heavy atom. The lowest BCUT2D eigenvalue weighted by Gasteiger charge is -2.28. The lowest BCUT2D eigenvalue weighted by Crippen LogP contribution is -2.42. The van der Waals surface area contributed by atoms with Crippen molar-refractivity contribution in [1.29, 1.82) is 0 Å². The van der Waals surface area contributed by atoms with Gasteiger partial charge in [-0.3, -0.25) is 4.79 Å². The van der Waals surface area contributed by atoms with Crippen molar-refractivity contribution >= 4 is 34.2 Å². The van der Waals surface area contributed by atoms with Crippen LogP contribution in [-0.4, -0.2) is 42.6 Å². The fourth-order valence-electron chi connectivity index (χ4n) is 3.33. The molecule has 1 amide bonds. The minimum atomic E-state index is 0. The van der Waals surface area contributed by atoms with E-state index in [1.54, 1.807) is 0 Å². The Hall–Kier alpha value is -0.780. The van der Waals surface area contributed by atoms with E-state index in [0.29, 0.717) is 25.1 Å². The van der Waals surface area contributed by atoms with E-state index in [-0.39, 0.29) is 18.3 Å². The fraction of sp³-hybridized carbons (Fsp3) is 0.562. The van der Waals surface area contributed by atoms with Gasteiger partial charge < -0.3 is 15.0 Å². The second-order valence-corrected chi connectivity index (χ2v) is 6.65. The molecule has 0 aromatic heterocycles. The maximum Gasteiger partial charge on any atom is 0.226 e. The highest BCUT2D eigenvalue weighted by Gasteiger charge is 2.37. The van der Waals surface area contributed by atoms with Crippen molar-refractivity contribution in [1.82, 2.24) is 10.2 Å². The van der Waals surface area contributed by atoms with Crippen molar-refractivity contribution in [2.45, 2.75) is 37.8 Å². The number of hydrogen-bond acceptors (Lipinski definition) is 3. The van der Waals surface area contributed by atoms with E-state index < -0.39 is 0 Å². The first-order valence-electron chi connectivity index (χ1n) is 7.64. The number of fused-ring (bicyclic) bond motifs is 2. The molecule has 2 heterocycles. The average molecular weight is 390 g/mol. The predicted octanol–water partition coefficient (Wildman–Crippen LogP) is 2.99. The summed E-state index contributed by atoms with van der Waals surface area (Å²) in [5.74, 6) is 1.04. The van der Waals surface area contributed by atoms with Crippen molar-refractivity contribution in [3.63, 3.8) is 0 Å². The second kappa shape index (κ2) is 8.18. The molecule has 3 rings (SSSR count). The molecule has 1 aromatic rings. The van der Waals surface area contributed by atoms with Crippen LogP contribution >= 0.6 is 28.3 Å². The highest BCUT2D eigenvalue weighted by Crippen LogP contribution is 2.28. The molecule has 2 aliphatic heterocycles. The molecule has 1 aromatic carbocycles. The third kappa shape index (κ3) is 4.15. The topological polar surface area (TPSA) is 41.6 Å². The fourth-order valence-corrected chi connectivity index (χ4v) is 3.71. The molecule has 2 fully saturated rings. The van der Waals surface area contributed by atoms with E-state index in [2.05, 4.69) is 26.1 Å². The first-order valence-corrected chi connectivity index (χ1v) is 8.43. The van der Waals surface area contributed by atoms with Crippen molar-refractivity contribution < 1.29 is 9.53 Å². The van der Waals surface area contributed by atoms with Crippen LogP contribution < -0.4 is 10.1 Å². The summed E-state index contributed by atoms with van der Waals surface area (Å²) in [4.78, 5) is 14.6. The van der Waals surface area contributed by atoms with E-state index >= 15 is 0 Å². The number of nitrogens with zero attached hydrogens (tertiary/aromatic N) is 1. The van der Waals surface area contributed by atoms with Crippen molar-refractivity contribution in [2.24, 2.45) is 0 Å². The predicted molar refractivity (Wildman–Crippen MR) is 92.6 cm³/mol. The maximum absolute atomic E-state index is 12.5. The molecule has 4 nitrogen and oxygen atoms in total. The summed E-state index contributed by atoms with van der Waals surface area (Å²) in [5, 5.41) is 3.42. The molecular weight excluding hydrogens is 368 g/mol. The van der Waals surface area contributed by atoms with Gasteiger partial charge in [0.05, 0.1) is 13.0 Å². The average Bonchev–Trinajstić information content (AvgIpc) is 2.72. The monoisotopic (exact) mass is 388 g/mol. The molecule has 0 aliphatic carbocycles. The van der Waals surface area contributed by atoms with Gasteiger partial charge in [-0.2, -0.15) is 0 Å². The lowest BCUT2D eigenvalue weighted by atomic mass is 10.1. The molecule has 22 heavy (non-hydrogen) atoms. The van der Waals surface area contributed by atoms with Gasteiger partial charge in [-0.05, 0) is 44.0 Å². The number of carbonyl (C=O) groups is 1. The summed E-state index contributed by atoms with van der Waals surface area (Å²) in [6.07, 6.45) is 3.83. The smallest absolute Gasteiger partial charge is 0.226 e. The molecule has 122 valence electrons. The Morgan fingerprint density at radius 3 is 2.95 bits per heavy atom. The first-order chi connectivity index (χ1) is 10.2. The number of rotatable bonds is 4. The van der Waals surface area contributed by atoms with Crippen LogP contribution in [0.5, 0.6) is 5.75 Å². The highest BCUT2D eigenvalue weighted by atomic mass is 79.9. The molecule has 0 radical (unpaired) electrons. The Bertz CT molecular complexity index is 501. The molecule has 6 heteroatoms. The van der Waals surface area contributed by atoms with Crippen LogP contribution in [-0.2, 0) is 4.79 Å². The third-order valence-electron chi connectivity index (χ3n) is 4.32. The third-order valence-corrected chi connectivity index (χ3v) is 4.82. The van der Waals surface area contributed by atoms with Gasteiger partial charge in [-0.15, -0.1) is 12.4 Å². The normalized spacial score (nSPS) is 23.6. The molecule has 2 atom stereocenters. The van der Waals surface area contributed by atoms with Gasteiger partial charge in [-0.25, -0.2) is 0 Å². The van der Waals surface area contributed by atoms with Gasteiger partial charge in [0, 0.05) is 23.1 Å². The number of benzene rings is 1. The standard InChI is InChI=1S/C16H21BrN2O2.ClH/c17-12-2-1-3-15(10-12)21-9-7-16(20)19-13-4-5-14(19)11-18-8-6-13;/h1-3,10,13-14,18H,4-9,11H2;1H. The van der Waals surface area contributed by atoms with Gasteiger partial charge in [0.25, 0.3) is 0 Å². The van der Waals surface area contributed by atoms with Crippen LogP contribution in [0, 0.1) is 0 Å². The Balaban J connectivity index is 0.00000176. The van der Waals surface area contributed by atoms with Crippen LogP contribution in [0.1, 0.15) is 25.7 Å². The summed E-state index contributed by atoms with van der Waals surface area (Å²) >= 11 is 3.42. The SMILES string of the molecule is Cl.O=C(CCOc1cccc(Br)c1)N1C2CCNCC1CC2. The van der Waals surface area contributed by atoms with Crippen LogP contribution in [0.4, 0.5) is 0 Å². The van der Waals surface area contributed by atoms with E-state index in [9.17, 15) is 4.79 Å². The summed E-state index contributed by atoms with van der Waals surface area (Å²) in [7, 11) is 0. The van der Waals surface area contributed by atoms with Crippen molar-refractivity contribution in [3.05, 3.63) is 28.7 Å². The second-order valence-electron chi connectivity index (χ2n) is 5.73. The number of nitrogens with one attached hydrogen (secondary N) is 1. The number of ether oxygens (including phenoxy) is 1. The molecule has 0 saturated carbocycles. The zero-order valence-corrected chi connectivity index (χ0v) is 14.9. The number of carbonyl (C=O) groups excluding carboxylic acids is 1. The van der Waals surface area contributed by atoms with Crippen LogP contribution in [0.2, 0.25) is 0 Å². The largest absolute Gasteiger partial charge is 0.493 e. The van der Waals surface area contributed by atoms with Crippen molar-refractivity contribution in [2.75, 3.05) is 19.7 Å². The minimum absolute atomic E-state index is 0. The summed E-state index contributed by atoms with van der Waals surface area (Å²) in [6, 6.07) is 8.54. The van der Waals surface area contributed by atoms with E-state index in [4.69, 9.17) is 4.74 Å². The van der Waals surface area contributed by atoms with Crippen molar-refractivity contribution in [3.8, 4) is 5.75 Å². The summed E-state index contributed by atoms with van der Waals surface area (Å²) < 4.78 is 6.67. The van der Waals surface area contributed by atoms with Gasteiger partial charge in [-0.1, -0.05) is 22.0 Å². The zero-order chi connectivity index (χ0) is 14.7. The highest BCUT2D eigenvalue weighted by molar-refractivity contribution is 9.10. The van der Waals surface area contributed by atoms with Gasteiger partial charge >= 0.3 is 0 Å². The minimum Gasteiger partial charge on any atom is -0.493 e. The maximum atomic E-state index is 12.5. The van der Waals surface area contributed by atoms with Gasteiger partial charge in [0.1, 0.15) is 5.75 Å². The Labute approximate surface area is 146 Å². The van der Waals surface area contributed by atoms with Crippen LogP contribution in [0.3, 0.4) is 0 Å². The van der Waals surface area contributed by atoms with E-state index in [0.717, 1.165) is 42.6 Å². The number of hydrogen-bond donors (Lipinski definition) is 1. The molecule has 0 spiro atoms. The lowest BCUT2D eigenvalue weighted by molar-refractivity contribution is -0.134. The number of amides is 1. The molecular formula is C16H22BrClN2O2. The van der Waals surface area contributed by atoms with E-state index in [1.807, 2.05) is 24.3 Å². The van der Waals surface area contributed by atoms with E-state index in [1.165, 1.54) is 0 Å². The zero-order valence-electron chi connectivity index (χ0n) is 12.5. The van der Waals surface area contributed by atoms with Gasteiger partial charge in [0.2, 0.25) is 5.91 Å². The molecule has 2 bridgehead atoms. The summed E-state index contributed by atoms with van der Waals surface area (Å²) in [6.45, 7) is 2.41. The molecule has 2 aliphatic rings. The Morgan fingerprint density at radius 1 is 1.32 bits per heavy atom. The molecule has 1 N–H and O–H groups in total. The number of halogens is 2. The van der Waals surface area contributed by atoms with Crippen LogP contribution in [0.25, 0.3) is 0 Å². The molecule has 2 unspecified atom stereocenters. The van der Waals surface area contributed by atoms with Gasteiger partial charge in [0.15, 0.2) is 0 Å². The first kappa shape index (κ1) is 17.6.